The second-order valence-corrected chi connectivity index (χ2v) is 3.34. The van der Waals surface area contributed by atoms with Crippen LogP contribution in [0.25, 0.3) is 0 Å². The van der Waals surface area contributed by atoms with Gasteiger partial charge in [-0.1, -0.05) is 13.0 Å². The topological polar surface area (TPSA) is 39.2 Å². The fourth-order valence-corrected chi connectivity index (χ4v) is 1.15. The summed E-state index contributed by atoms with van der Waals surface area (Å²) in [5.41, 5.74) is 0. The van der Waals surface area contributed by atoms with E-state index in [0.29, 0.717) is 16.9 Å². The maximum atomic E-state index is 11.0. The smallest absolute Gasteiger partial charge is 0.312 e. The Morgan fingerprint density at radius 2 is 2.38 bits per heavy atom. The summed E-state index contributed by atoms with van der Waals surface area (Å²) in [6.45, 7) is 1.93. The van der Waals surface area contributed by atoms with E-state index >= 15 is 0 Å². The van der Waals surface area contributed by atoms with E-state index in [2.05, 4.69) is 20.9 Å². The number of aromatic nitrogens is 1. The molecule has 0 saturated carbocycles. The molecule has 0 radical (unpaired) electrons. The molecular weight excluding hydrogens is 234 g/mol. The highest BCUT2D eigenvalue weighted by Crippen LogP contribution is 2.12. The van der Waals surface area contributed by atoms with Gasteiger partial charge in [-0.15, -0.1) is 0 Å². The van der Waals surface area contributed by atoms with Crippen molar-refractivity contribution in [2.24, 2.45) is 0 Å². The van der Waals surface area contributed by atoms with E-state index < -0.39 is 0 Å². The molecule has 1 heterocycles. The second kappa shape index (κ2) is 4.97. The monoisotopic (exact) mass is 243 g/mol. The van der Waals surface area contributed by atoms with E-state index in [1.54, 1.807) is 18.2 Å². The number of carbonyl (C=O) groups excluding carboxylic acids is 1. The average molecular weight is 244 g/mol. The summed E-state index contributed by atoms with van der Waals surface area (Å²) in [6, 6.07) is 5.20. The number of pyridine rings is 1. The lowest BCUT2D eigenvalue weighted by Gasteiger charge is -2.01. The normalized spacial score (nSPS) is 9.69. The van der Waals surface area contributed by atoms with Gasteiger partial charge in [0.25, 0.3) is 0 Å². The minimum atomic E-state index is -0.242. The first kappa shape index (κ1) is 10.2. The molecule has 0 fully saturated rings. The van der Waals surface area contributed by atoms with E-state index in [0.717, 1.165) is 6.42 Å². The first-order valence-electron chi connectivity index (χ1n) is 4.05. The lowest BCUT2D eigenvalue weighted by molar-refractivity contribution is -0.134. The molecule has 0 atom stereocenters. The lowest BCUT2D eigenvalue weighted by Crippen LogP contribution is -2.07. The average Bonchev–Trinajstić information content (AvgIpc) is 2.04. The Bertz CT molecular complexity index is 301. The molecule has 1 aromatic heterocycles. The van der Waals surface area contributed by atoms with Crippen LogP contribution in [0.5, 0.6) is 5.88 Å². The van der Waals surface area contributed by atoms with Gasteiger partial charge in [0, 0.05) is 12.5 Å². The number of halogens is 1. The van der Waals surface area contributed by atoms with E-state index in [1.165, 1.54) is 0 Å². The number of ether oxygens (including phenoxy) is 1. The second-order valence-electron chi connectivity index (χ2n) is 2.52. The van der Waals surface area contributed by atoms with Crippen LogP contribution in [-0.2, 0) is 4.79 Å². The van der Waals surface area contributed by atoms with E-state index in [9.17, 15) is 4.79 Å². The third kappa shape index (κ3) is 3.55. The molecule has 13 heavy (non-hydrogen) atoms. The Hall–Kier alpha value is -0.900. The predicted octanol–water partition coefficient (Wildman–Crippen LogP) is 2.55. The number of hydrogen-bond donors (Lipinski definition) is 0. The SMILES string of the molecule is CCCC(=O)Oc1cccc(Br)n1. The van der Waals surface area contributed by atoms with Crippen LogP contribution in [0.3, 0.4) is 0 Å². The molecule has 1 rings (SSSR count). The molecular formula is C9H10BrNO2. The molecule has 0 bridgehead atoms. The van der Waals surface area contributed by atoms with Gasteiger partial charge in [0.1, 0.15) is 4.60 Å². The fraction of sp³-hybridized carbons (Fsp3) is 0.333. The summed E-state index contributed by atoms with van der Waals surface area (Å²) in [5, 5.41) is 0. The highest BCUT2D eigenvalue weighted by atomic mass is 79.9. The van der Waals surface area contributed by atoms with Gasteiger partial charge >= 0.3 is 5.97 Å². The number of nitrogens with zero attached hydrogens (tertiary/aromatic N) is 1. The van der Waals surface area contributed by atoms with Crippen molar-refractivity contribution in [3.63, 3.8) is 0 Å². The Balaban J connectivity index is 2.58. The van der Waals surface area contributed by atoms with Crippen molar-refractivity contribution in [2.45, 2.75) is 19.8 Å². The summed E-state index contributed by atoms with van der Waals surface area (Å²) < 4.78 is 5.62. The number of rotatable bonds is 3. The Morgan fingerprint density at radius 3 is 3.00 bits per heavy atom. The van der Waals surface area contributed by atoms with Crippen LogP contribution in [0.2, 0.25) is 0 Å². The summed E-state index contributed by atoms with van der Waals surface area (Å²) in [6.07, 6.45) is 1.21. The summed E-state index contributed by atoms with van der Waals surface area (Å²) in [5.74, 6) is 0.0981. The number of carbonyl (C=O) groups is 1. The standard InChI is InChI=1S/C9H10BrNO2/c1-2-4-9(12)13-8-6-3-5-7(10)11-8/h3,5-6H,2,4H2,1H3. The minimum Gasteiger partial charge on any atom is -0.407 e. The van der Waals surface area contributed by atoms with Gasteiger partial charge in [0.05, 0.1) is 0 Å². The van der Waals surface area contributed by atoms with Crippen LogP contribution >= 0.6 is 15.9 Å². The van der Waals surface area contributed by atoms with Crippen LogP contribution in [-0.4, -0.2) is 11.0 Å². The molecule has 4 heteroatoms. The molecule has 0 aliphatic carbocycles. The van der Waals surface area contributed by atoms with Gasteiger partial charge < -0.3 is 4.74 Å². The van der Waals surface area contributed by atoms with Crippen LogP contribution in [0.4, 0.5) is 0 Å². The fourth-order valence-electron chi connectivity index (χ4n) is 0.818. The third-order valence-electron chi connectivity index (χ3n) is 1.36. The maximum Gasteiger partial charge on any atom is 0.312 e. The van der Waals surface area contributed by atoms with Crippen molar-refractivity contribution >= 4 is 21.9 Å². The highest BCUT2D eigenvalue weighted by molar-refractivity contribution is 9.10. The molecule has 0 aliphatic heterocycles. The summed E-state index contributed by atoms with van der Waals surface area (Å²) in [7, 11) is 0. The molecule has 0 spiro atoms. The predicted molar refractivity (Wildman–Crippen MR) is 52.5 cm³/mol. The summed E-state index contributed by atoms with van der Waals surface area (Å²) in [4.78, 5) is 15.0. The molecule has 1 aromatic rings. The van der Waals surface area contributed by atoms with Gasteiger partial charge in [0.2, 0.25) is 5.88 Å². The van der Waals surface area contributed by atoms with Crippen molar-refractivity contribution in [1.82, 2.24) is 4.98 Å². The van der Waals surface area contributed by atoms with E-state index in [1.807, 2.05) is 6.92 Å². The summed E-state index contributed by atoms with van der Waals surface area (Å²) >= 11 is 3.19. The largest absolute Gasteiger partial charge is 0.407 e. The Kier molecular flexibility index (Phi) is 3.89. The molecule has 0 unspecified atom stereocenters. The number of esters is 1. The van der Waals surface area contributed by atoms with Crippen molar-refractivity contribution in [1.29, 1.82) is 0 Å². The zero-order valence-electron chi connectivity index (χ0n) is 7.29. The van der Waals surface area contributed by atoms with Gasteiger partial charge in [-0.05, 0) is 28.4 Å². The van der Waals surface area contributed by atoms with Crippen molar-refractivity contribution < 1.29 is 9.53 Å². The van der Waals surface area contributed by atoms with Crippen LogP contribution < -0.4 is 4.74 Å². The molecule has 3 nitrogen and oxygen atoms in total. The zero-order valence-corrected chi connectivity index (χ0v) is 8.87. The van der Waals surface area contributed by atoms with Crippen LogP contribution in [0.1, 0.15) is 19.8 Å². The van der Waals surface area contributed by atoms with Gasteiger partial charge in [0.15, 0.2) is 0 Å². The Morgan fingerprint density at radius 1 is 1.62 bits per heavy atom. The molecule has 0 amide bonds. The van der Waals surface area contributed by atoms with E-state index in [4.69, 9.17) is 4.74 Å². The maximum absolute atomic E-state index is 11.0. The molecule has 0 saturated heterocycles. The zero-order chi connectivity index (χ0) is 9.68. The lowest BCUT2D eigenvalue weighted by atomic mass is 10.3. The van der Waals surface area contributed by atoms with E-state index in [-0.39, 0.29) is 5.97 Å². The quantitative estimate of drug-likeness (QED) is 0.605. The molecule has 0 aliphatic rings. The van der Waals surface area contributed by atoms with Crippen molar-refractivity contribution in [3.8, 4) is 5.88 Å². The number of hydrogen-bond acceptors (Lipinski definition) is 3. The first-order valence-corrected chi connectivity index (χ1v) is 4.85. The Labute approximate surface area is 85.3 Å². The third-order valence-corrected chi connectivity index (χ3v) is 1.80. The molecule has 0 aromatic carbocycles. The van der Waals surface area contributed by atoms with Crippen LogP contribution in [0, 0.1) is 0 Å². The van der Waals surface area contributed by atoms with Gasteiger partial charge in [-0.25, -0.2) is 4.98 Å². The van der Waals surface area contributed by atoms with Crippen LogP contribution in [0.15, 0.2) is 22.8 Å². The highest BCUT2D eigenvalue weighted by Gasteiger charge is 2.03. The molecule has 70 valence electrons. The van der Waals surface area contributed by atoms with Gasteiger partial charge in [-0.3, -0.25) is 4.79 Å². The molecule has 0 N–H and O–H groups in total. The van der Waals surface area contributed by atoms with Crippen molar-refractivity contribution in [2.75, 3.05) is 0 Å². The first-order chi connectivity index (χ1) is 6.22. The minimum absolute atomic E-state index is 0.242. The van der Waals surface area contributed by atoms with Crippen molar-refractivity contribution in [3.05, 3.63) is 22.8 Å². The van der Waals surface area contributed by atoms with Gasteiger partial charge in [-0.2, -0.15) is 0 Å².